The van der Waals surface area contributed by atoms with Gasteiger partial charge in [-0.15, -0.1) is 11.3 Å². The summed E-state index contributed by atoms with van der Waals surface area (Å²) in [6, 6.07) is 8.05. The van der Waals surface area contributed by atoms with Gasteiger partial charge in [0.05, 0.1) is 11.6 Å². The minimum Gasteiger partial charge on any atom is -0.331 e. The highest BCUT2D eigenvalue weighted by atomic mass is 32.1. The van der Waals surface area contributed by atoms with Crippen molar-refractivity contribution >= 4 is 17.2 Å². The lowest BCUT2D eigenvalue weighted by molar-refractivity contribution is 0.0737. The molecule has 0 bridgehead atoms. The zero-order chi connectivity index (χ0) is 12.4. The summed E-state index contributed by atoms with van der Waals surface area (Å²) in [4.78, 5) is 19.7. The Morgan fingerprint density at radius 3 is 3.06 bits per heavy atom. The molecular weight excluding hydrogens is 244 g/mol. The van der Waals surface area contributed by atoms with Crippen LogP contribution in [-0.4, -0.2) is 22.3 Å². The smallest absolute Gasteiger partial charge is 0.255 e. The number of carbonyl (C=O) groups excluding carboxylic acids is 1. The number of rotatable bonds is 2. The molecule has 0 spiro atoms. The van der Waals surface area contributed by atoms with Crippen molar-refractivity contribution < 1.29 is 4.79 Å². The molecule has 18 heavy (non-hydrogen) atoms. The largest absolute Gasteiger partial charge is 0.331 e. The molecule has 0 unspecified atom stereocenters. The van der Waals surface area contributed by atoms with Crippen molar-refractivity contribution in [3.05, 3.63) is 52.5 Å². The molecule has 3 rings (SSSR count). The molecule has 1 atom stereocenters. The molecule has 0 N–H and O–H groups in total. The molecule has 4 heteroatoms. The lowest BCUT2D eigenvalue weighted by Crippen LogP contribution is -2.30. The second-order valence-electron chi connectivity index (χ2n) is 4.41. The summed E-state index contributed by atoms with van der Waals surface area (Å²) in [6.07, 6.45) is 5.48. The van der Waals surface area contributed by atoms with Crippen LogP contribution in [0.25, 0.3) is 0 Å². The first kappa shape index (κ1) is 11.4. The highest BCUT2D eigenvalue weighted by molar-refractivity contribution is 7.10. The standard InChI is InChI=1S/C14H14N2OS/c17-14(11-4-1-7-15-10-11)16-8-2-5-12(16)13-6-3-9-18-13/h1,3-4,6-7,9-10,12H,2,5,8H2/t12-/m0/s1. The number of aromatic nitrogens is 1. The van der Waals surface area contributed by atoms with E-state index in [2.05, 4.69) is 16.4 Å². The van der Waals surface area contributed by atoms with E-state index in [9.17, 15) is 4.79 Å². The summed E-state index contributed by atoms with van der Waals surface area (Å²) < 4.78 is 0. The van der Waals surface area contributed by atoms with E-state index in [4.69, 9.17) is 0 Å². The van der Waals surface area contributed by atoms with E-state index in [0.29, 0.717) is 5.56 Å². The third kappa shape index (κ3) is 2.04. The maximum atomic E-state index is 12.4. The number of thiophene rings is 1. The van der Waals surface area contributed by atoms with Gasteiger partial charge in [0.15, 0.2) is 0 Å². The monoisotopic (exact) mass is 258 g/mol. The van der Waals surface area contributed by atoms with E-state index < -0.39 is 0 Å². The van der Waals surface area contributed by atoms with Crippen LogP contribution in [0.4, 0.5) is 0 Å². The fraction of sp³-hybridized carbons (Fsp3) is 0.286. The number of hydrogen-bond acceptors (Lipinski definition) is 3. The molecule has 2 aromatic rings. The Morgan fingerprint density at radius 1 is 1.39 bits per heavy atom. The molecule has 0 saturated carbocycles. The topological polar surface area (TPSA) is 33.2 Å². The van der Waals surface area contributed by atoms with E-state index in [0.717, 1.165) is 19.4 Å². The van der Waals surface area contributed by atoms with Gasteiger partial charge < -0.3 is 4.90 Å². The molecule has 3 heterocycles. The minimum atomic E-state index is 0.0963. The van der Waals surface area contributed by atoms with Gasteiger partial charge in [-0.2, -0.15) is 0 Å². The van der Waals surface area contributed by atoms with Gasteiger partial charge in [0.1, 0.15) is 0 Å². The van der Waals surface area contributed by atoms with E-state index in [-0.39, 0.29) is 11.9 Å². The maximum Gasteiger partial charge on any atom is 0.255 e. The third-order valence-corrected chi connectivity index (χ3v) is 4.27. The minimum absolute atomic E-state index is 0.0963. The highest BCUT2D eigenvalue weighted by Crippen LogP contribution is 2.35. The van der Waals surface area contributed by atoms with Gasteiger partial charge in [0.25, 0.3) is 5.91 Å². The van der Waals surface area contributed by atoms with Crippen molar-refractivity contribution in [3.8, 4) is 0 Å². The Bertz CT molecular complexity index is 524. The van der Waals surface area contributed by atoms with Crippen LogP contribution in [-0.2, 0) is 0 Å². The molecule has 92 valence electrons. The summed E-state index contributed by atoms with van der Waals surface area (Å²) in [5.74, 6) is 0.0963. The number of amides is 1. The Hall–Kier alpha value is -1.68. The summed E-state index contributed by atoms with van der Waals surface area (Å²) in [5, 5.41) is 2.07. The molecular formula is C14H14N2OS. The number of pyridine rings is 1. The number of nitrogens with zero attached hydrogens (tertiary/aromatic N) is 2. The molecule has 1 saturated heterocycles. The zero-order valence-corrected chi connectivity index (χ0v) is 10.8. The average Bonchev–Trinajstić information content (AvgIpc) is 3.09. The zero-order valence-electron chi connectivity index (χ0n) is 9.95. The average molecular weight is 258 g/mol. The summed E-state index contributed by atoms with van der Waals surface area (Å²) in [7, 11) is 0. The normalized spacial score (nSPS) is 19.1. The third-order valence-electron chi connectivity index (χ3n) is 3.29. The number of carbonyl (C=O) groups is 1. The Kier molecular flexibility index (Phi) is 3.11. The fourth-order valence-electron chi connectivity index (χ4n) is 2.44. The van der Waals surface area contributed by atoms with Crippen molar-refractivity contribution in [1.29, 1.82) is 0 Å². The van der Waals surface area contributed by atoms with Crippen molar-refractivity contribution in [2.75, 3.05) is 6.54 Å². The molecule has 0 aromatic carbocycles. The summed E-state index contributed by atoms with van der Waals surface area (Å²) in [5.41, 5.74) is 0.681. The van der Waals surface area contributed by atoms with Crippen LogP contribution < -0.4 is 0 Å². The van der Waals surface area contributed by atoms with Crippen LogP contribution in [0.15, 0.2) is 42.0 Å². The molecule has 3 nitrogen and oxygen atoms in total. The van der Waals surface area contributed by atoms with Gasteiger partial charge in [-0.1, -0.05) is 6.07 Å². The lowest BCUT2D eigenvalue weighted by atomic mass is 10.1. The lowest BCUT2D eigenvalue weighted by Gasteiger charge is -2.23. The van der Waals surface area contributed by atoms with Crippen molar-refractivity contribution in [3.63, 3.8) is 0 Å². The highest BCUT2D eigenvalue weighted by Gasteiger charge is 2.31. The molecule has 0 radical (unpaired) electrons. The molecule has 0 aliphatic carbocycles. The second kappa shape index (κ2) is 4.90. The van der Waals surface area contributed by atoms with Gasteiger partial charge in [-0.05, 0) is 36.4 Å². The van der Waals surface area contributed by atoms with Crippen molar-refractivity contribution in [1.82, 2.24) is 9.88 Å². The predicted molar refractivity (Wildman–Crippen MR) is 71.6 cm³/mol. The number of likely N-dealkylation sites (tertiary alicyclic amines) is 1. The Morgan fingerprint density at radius 2 is 2.33 bits per heavy atom. The van der Waals surface area contributed by atoms with Crippen LogP contribution in [0.3, 0.4) is 0 Å². The van der Waals surface area contributed by atoms with E-state index >= 15 is 0 Å². The first-order valence-electron chi connectivity index (χ1n) is 6.10. The number of hydrogen-bond donors (Lipinski definition) is 0. The SMILES string of the molecule is O=C(c1cccnc1)N1CCC[C@H]1c1cccs1. The molecule has 1 aliphatic heterocycles. The van der Waals surface area contributed by atoms with Crippen LogP contribution in [0, 0.1) is 0 Å². The fourth-order valence-corrected chi connectivity index (χ4v) is 3.32. The van der Waals surface area contributed by atoms with Gasteiger partial charge in [-0.3, -0.25) is 9.78 Å². The first-order valence-corrected chi connectivity index (χ1v) is 6.98. The van der Waals surface area contributed by atoms with Crippen LogP contribution in [0.2, 0.25) is 0 Å². The van der Waals surface area contributed by atoms with Gasteiger partial charge in [0, 0.05) is 23.8 Å². The van der Waals surface area contributed by atoms with Crippen molar-refractivity contribution in [2.24, 2.45) is 0 Å². The van der Waals surface area contributed by atoms with Crippen LogP contribution in [0.5, 0.6) is 0 Å². The Balaban J connectivity index is 1.85. The second-order valence-corrected chi connectivity index (χ2v) is 5.39. The maximum absolute atomic E-state index is 12.4. The molecule has 1 amide bonds. The summed E-state index contributed by atoms with van der Waals surface area (Å²) in [6.45, 7) is 0.844. The van der Waals surface area contributed by atoms with Gasteiger partial charge in [-0.25, -0.2) is 0 Å². The molecule has 2 aromatic heterocycles. The van der Waals surface area contributed by atoms with E-state index in [1.54, 1.807) is 23.7 Å². The van der Waals surface area contributed by atoms with Crippen LogP contribution in [0.1, 0.15) is 34.1 Å². The quantitative estimate of drug-likeness (QED) is 0.829. The van der Waals surface area contributed by atoms with E-state index in [1.807, 2.05) is 23.1 Å². The molecule has 1 fully saturated rings. The molecule has 1 aliphatic rings. The van der Waals surface area contributed by atoms with Crippen molar-refractivity contribution in [2.45, 2.75) is 18.9 Å². The van der Waals surface area contributed by atoms with Crippen LogP contribution >= 0.6 is 11.3 Å². The Labute approximate surface area is 110 Å². The van der Waals surface area contributed by atoms with E-state index in [1.165, 1.54) is 4.88 Å². The van der Waals surface area contributed by atoms with Gasteiger partial charge >= 0.3 is 0 Å². The summed E-state index contributed by atoms with van der Waals surface area (Å²) >= 11 is 1.73. The van der Waals surface area contributed by atoms with Gasteiger partial charge in [0.2, 0.25) is 0 Å². The predicted octanol–water partition coefficient (Wildman–Crippen LogP) is 3.12. The first-order chi connectivity index (χ1) is 8.86.